The molecule has 4 nitrogen and oxygen atoms in total. The number of methoxy groups -OCH3 is 1. The third kappa shape index (κ3) is 4.21. The lowest BCUT2D eigenvalue weighted by molar-refractivity contribution is -0.141. The average molecular weight is 266 g/mol. The highest BCUT2D eigenvalue weighted by Gasteiger charge is 2.42. The van der Waals surface area contributed by atoms with E-state index in [9.17, 15) is 10.1 Å². The van der Waals surface area contributed by atoms with E-state index >= 15 is 0 Å². The Hall–Kier alpha value is -1.08. The van der Waals surface area contributed by atoms with Crippen LogP contribution in [0.15, 0.2) is 0 Å². The molecule has 1 aliphatic rings. The zero-order valence-corrected chi connectivity index (χ0v) is 12.4. The lowest BCUT2D eigenvalue weighted by Crippen LogP contribution is -2.47. The fourth-order valence-electron chi connectivity index (χ4n) is 2.75. The summed E-state index contributed by atoms with van der Waals surface area (Å²) in [6, 6.07) is 2.32. The topological polar surface area (TPSA) is 53.3 Å². The highest BCUT2D eigenvalue weighted by atomic mass is 16.5. The molecule has 0 aromatic carbocycles. The standard InChI is InChI=1S/C15H26N2O2/c1-13(2)11-17(9-10-19-3)14(18)15(12-16)7-5-4-6-8-15/h13H,4-11H2,1-3H3. The predicted molar refractivity (Wildman–Crippen MR) is 74.4 cm³/mol. The molecule has 0 unspecified atom stereocenters. The number of hydrogen-bond donors (Lipinski definition) is 0. The summed E-state index contributed by atoms with van der Waals surface area (Å²) in [7, 11) is 1.64. The van der Waals surface area contributed by atoms with E-state index in [4.69, 9.17) is 4.74 Å². The minimum absolute atomic E-state index is 0.0143. The molecular formula is C15H26N2O2. The number of hydrogen-bond acceptors (Lipinski definition) is 3. The summed E-state index contributed by atoms with van der Waals surface area (Å²) in [5.74, 6) is 0.417. The number of carbonyl (C=O) groups excluding carboxylic acids is 1. The molecule has 0 aliphatic heterocycles. The molecule has 0 N–H and O–H groups in total. The number of carbonyl (C=O) groups is 1. The minimum atomic E-state index is -0.777. The number of nitriles is 1. The van der Waals surface area contributed by atoms with Gasteiger partial charge in [-0.15, -0.1) is 0 Å². The molecule has 19 heavy (non-hydrogen) atoms. The normalized spacial score (nSPS) is 18.1. The van der Waals surface area contributed by atoms with Gasteiger partial charge in [0.1, 0.15) is 5.41 Å². The Morgan fingerprint density at radius 2 is 2.00 bits per heavy atom. The molecule has 0 aromatic rings. The molecule has 1 rings (SSSR count). The SMILES string of the molecule is COCCN(CC(C)C)C(=O)C1(C#N)CCCCC1. The molecule has 0 radical (unpaired) electrons. The van der Waals surface area contributed by atoms with Crippen LogP contribution in [0.1, 0.15) is 46.0 Å². The fourth-order valence-corrected chi connectivity index (χ4v) is 2.75. The van der Waals surface area contributed by atoms with E-state index in [-0.39, 0.29) is 5.91 Å². The molecule has 0 spiro atoms. The van der Waals surface area contributed by atoms with Gasteiger partial charge in [0.15, 0.2) is 0 Å². The van der Waals surface area contributed by atoms with E-state index < -0.39 is 5.41 Å². The number of amides is 1. The molecule has 1 aliphatic carbocycles. The van der Waals surface area contributed by atoms with Crippen molar-refractivity contribution in [2.45, 2.75) is 46.0 Å². The van der Waals surface area contributed by atoms with Gasteiger partial charge in [0.25, 0.3) is 0 Å². The van der Waals surface area contributed by atoms with Crippen molar-refractivity contribution in [2.24, 2.45) is 11.3 Å². The fraction of sp³-hybridized carbons (Fsp3) is 0.867. The van der Waals surface area contributed by atoms with Crippen LogP contribution in [0.3, 0.4) is 0 Å². The first kappa shape index (κ1) is 16.0. The van der Waals surface area contributed by atoms with Crippen LogP contribution in [-0.2, 0) is 9.53 Å². The lowest BCUT2D eigenvalue weighted by Gasteiger charge is -2.35. The minimum Gasteiger partial charge on any atom is -0.383 e. The maximum Gasteiger partial charge on any atom is 0.243 e. The Labute approximate surface area is 116 Å². The zero-order valence-electron chi connectivity index (χ0n) is 12.4. The van der Waals surface area contributed by atoms with Crippen molar-refractivity contribution in [1.29, 1.82) is 5.26 Å². The predicted octanol–water partition coefficient (Wildman–Crippen LogP) is 2.59. The van der Waals surface area contributed by atoms with Gasteiger partial charge in [-0.2, -0.15) is 5.26 Å². The molecule has 0 aromatic heterocycles. The maximum atomic E-state index is 12.7. The van der Waals surface area contributed by atoms with E-state index in [2.05, 4.69) is 19.9 Å². The summed E-state index contributed by atoms with van der Waals surface area (Å²) in [6.07, 6.45) is 4.53. The van der Waals surface area contributed by atoms with Gasteiger partial charge in [0, 0.05) is 20.2 Å². The Morgan fingerprint density at radius 1 is 1.37 bits per heavy atom. The van der Waals surface area contributed by atoms with Crippen LogP contribution >= 0.6 is 0 Å². The Bertz CT molecular complexity index is 328. The van der Waals surface area contributed by atoms with Crippen molar-refractivity contribution in [3.05, 3.63) is 0 Å². The van der Waals surface area contributed by atoms with Gasteiger partial charge < -0.3 is 9.64 Å². The average Bonchev–Trinajstić information content (AvgIpc) is 2.43. The quantitative estimate of drug-likeness (QED) is 0.742. The molecular weight excluding hydrogens is 240 g/mol. The van der Waals surface area contributed by atoms with Gasteiger partial charge in [-0.3, -0.25) is 4.79 Å². The van der Waals surface area contributed by atoms with E-state index in [0.717, 1.165) is 19.3 Å². The third-order valence-corrected chi connectivity index (χ3v) is 3.77. The van der Waals surface area contributed by atoms with Crippen LogP contribution in [0, 0.1) is 22.7 Å². The second kappa shape index (κ2) is 7.49. The smallest absolute Gasteiger partial charge is 0.243 e. The van der Waals surface area contributed by atoms with Crippen LogP contribution in [-0.4, -0.2) is 37.6 Å². The van der Waals surface area contributed by atoms with Crippen LogP contribution in [0.25, 0.3) is 0 Å². The molecule has 0 bridgehead atoms. The molecule has 1 saturated carbocycles. The van der Waals surface area contributed by atoms with Crippen molar-refractivity contribution in [3.8, 4) is 6.07 Å². The van der Waals surface area contributed by atoms with Gasteiger partial charge in [0.05, 0.1) is 12.7 Å². The number of nitrogens with zero attached hydrogens (tertiary/aromatic N) is 2. The van der Waals surface area contributed by atoms with Gasteiger partial charge in [0.2, 0.25) is 5.91 Å². The molecule has 1 amide bonds. The Morgan fingerprint density at radius 3 is 2.47 bits per heavy atom. The summed E-state index contributed by atoms with van der Waals surface area (Å²) in [5, 5.41) is 9.49. The first-order valence-electron chi connectivity index (χ1n) is 7.25. The van der Waals surface area contributed by atoms with Crippen molar-refractivity contribution in [1.82, 2.24) is 4.90 Å². The van der Waals surface area contributed by atoms with Crippen molar-refractivity contribution < 1.29 is 9.53 Å². The summed E-state index contributed by atoms with van der Waals surface area (Å²) < 4.78 is 5.08. The largest absolute Gasteiger partial charge is 0.383 e. The van der Waals surface area contributed by atoms with E-state index in [0.29, 0.717) is 38.5 Å². The second-order valence-electron chi connectivity index (χ2n) is 5.89. The summed E-state index contributed by atoms with van der Waals surface area (Å²) in [4.78, 5) is 14.6. The number of ether oxygens (including phenoxy) is 1. The van der Waals surface area contributed by atoms with Gasteiger partial charge in [-0.05, 0) is 18.8 Å². The Balaban J connectivity index is 2.80. The summed E-state index contributed by atoms with van der Waals surface area (Å²) in [6.45, 7) is 5.99. The molecule has 0 heterocycles. The van der Waals surface area contributed by atoms with Crippen molar-refractivity contribution in [3.63, 3.8) is 0 Å². The zero-order chi connectivity index (χ0) is 14.3. The van der Waals surface area contributed by atoms with Gasteiger partial charge >= 0.3 is 0 Å². The Kier molecular flexibility index (Phi) is 6.30. The molecule has 0 saturated heterocycles. The van der Waals surface area contributed by atoms with Gasteiger partial charge in [-0.25, -0.2) is 0 Å². The van der Waals surface area contributed by atoms with Crippen molar-refractivity contribution >= 4 is 5.91 Å². The van der Waals surface area contributed by atoms with Crippen LogP contribution in [0.5, 0.6) is 0 Å². The second-order valence-corrected chi connectivity index (χ2v) is 5.89. The summed E-state index contributed by atoms with van der Waals surface area (Å²) >= 11 is 0. The number of rotatable bonds is 6. The van der Waals surface area contributed by atoms with Crippen LogP contribution < -0.4 is 0 Å². The highest BCUT2D eigenvalue weighted by molar-refractivity contribution is 5.85. The first-order chi connectivity index (χ1) is 9.05. The first-order valence-corrected chi connectivity index (χ1v) is 7.25. The monoisotopic (exact) mass is 266 g/mol. The van der Waals surface area contributed by atoms with E-state index in [1.807, 2.05) is 4.90 Å². The summed E-state index contributed by atoms with van der Waals surface area (Å²) in [5.41, 5.74) is -0.777. The third-order valence-electron chi connectivity index (χ3n) is 3.77. The molecule has 4 heteroatoms. The molecule has 108 valence electrons. The molecule has 1 fully saturated rings. The van der Waals surface area contributed by atoms with Gasteiger partial charge in [-0.1, -0.05) is 33.1 Å². The van der Waals surface area contributed by atoms with Crippen molar-refractivity contribution in [2.75, 3.05) is 26.8 Å². The van der Waals surface area contributed by atoms with E-state index in [1.165, 1.54) is 0 Å². The lowest BCUT2D eigenvalue weighted by atomic mass is 9.74. The maximum absolute atomic E-state index is 12.7. The van der Waals surface area contributed by atoms with Crippen LogP contribution in [0.4, 0.5) is 0 Å². The molecule has 0 atom stereocenters. The highest BCUT2D eigenvalue weighted by Crippen LogP contribution is 2.37. The van der Waals surface area contributed by atoms with Crippen LogP contribution in [0.2, 0.25) is 0 Å². The van der Waals surface area contributed by atoms with E-state index in [1.54, 1.807) is 7.11 Å².